The van der Waals surface area contributed by atoms with Crippen molar-refractivity contribution >= 4 is 16.6 Å². The molecular formula is C29H34N4O4. The van der Waals surface area contributed by atoms with Crippen molar-refractivity contribution in [2.75, 3.05) is 0 Å². The zero-order valence-electron chi connectivity index (χ0n) is 21.4. The van der Waals surface area contributed by atoms with E-state index in [-0.39, 0.29) is 11.3 Å². The molecule has 0 saturated heterocycles. The third-order valence-corrected chi connectivity index (χ3v) is 6.89. The predicted molar refractivity (Wildman–Crippen MR) is 147 cm³/mol. The number of pyridine rings is 1. The highest BCUT2D eigenvalue weighted by Gasteiger charge is 2.21. The van der Waals surface area contributed by atoms with Crippen molar-refractivity contribution in [1.82, 2.24) is 14.1 Å². The largest absolute Gasteiger partial charge is 0.357 e. The van der Waals surface area contributed by atoms with Gasteiger partial charge in [0.05, 0.1) is 21.7 Å². The van der Waals surface area contributed by atoms with Gasteiger partial charge >= 0.3 is 5.69 Å². The molecule has 0 bridgehead atoms. The maximum Gasteiger partial charge on any atom is 0.357 e. The van der Waals surface area contributed by atoms with Gasteiger partial charge in [-0.05, 0) is 30.7 Å². The van der Waals surface area contributed by atoms with Gasteiger partial charge in [0.15, 0.2) is 5.82 Å². The molecular weight excluding hydrogens is 468 g/mol. The number of hydrogen-bond donors (Lipinski definition) is 0. The Kier molecular flexibility index (Phi) is 8.82. The molecule has 194 valence electrons. The molecule has 0 atom stereocenters. The molecule has 0 spiro atoms. The number of nitrogens with zero attached hydrogens (tertiary/aromatic N) is 4. The van der Waals surface area contributed by atoms with Crippen LogP contribution in [-0.4, -0.2) is 19.0 Å². The van der Waals surface area contributed by atoms with Gasteiger partial charge < -0.3 is 4.57 Å². The number of nitro groups is 1. The zero-order chi connectivity index (χ0) is 26.2. The summed E-state index contributed by atoms with van der Waals surface area (Å²) >= 11 is 0. The van der Waals surface area contributed by atoms with Crippen LogP contribution in [0.2, 0.25) is 0 Å². The molecule has 2 aliphatic heterocycles. The molecule has 37 heavy (non-hydrogen) atoms. The smallest absolute Gasteiger partial charge is 0.325 e. The maximum atomic E-state index is 13.5. The Morgan fingerprint density at radius 3 is 2.14 bits per heavy atom. The van der Waals surface area contributed by atoms with Crippen LogP contribution < -0.4 is 11.2 Å². The second kappa shape index (κ2) is 12.4. The Balaban J connectivity index is 1.62. The van der Waals surface area contributed by atoms with E-state index >= 15 is 0 Å². The molecule has 0 unspecified atom stereocenters. The maximum absolute atomic E-state index is 13.5. The molecule has 2 aliphatic rings. The molecule has 0 aromatic heterocycles. The summed E-state index contributed by atoms with van der Waals surface area (Å²) in [4.78, 5) is 41.7. The van der Waals surface area contributed by atoms with Gasteiger partial charge in [0.1, 0.15) is 0 Å². The standard InChI is InChI=1S/C29H34N4O4/c1-2-3-4-5-6-7-8-9-10-14-19-31-26-18-17-24(33(36)37)20-22(26)21-25-27(31)30-29(35)32(28(25)34)23-15-12-11-13-16-23/h11-13,15-18,20-21H,2-10,14,19H2,1H3. The molecule has 8 heteroatoms. The fraction of sp³-hybridized carbons (Fsp3) is 0.414. The van der Waals surface area contributed by atoms with E-state index in [0.29, 0.717) is 23.4 Å². The number of benzene rings is 2. The lowest BCUT2D eigenvalue weighted by molar-refractivity contribution is -0.384. The first-order valence-corrected chi connectivity index (χ1v) is 13.3. The van der Waals surface area contributed by atoms with Crippen molar-refractivity contribution in [3.8, 4) is 17.1 Å². The number of fused-ring (bicyclic) bond motifs is 2. The van der Waals surface area contributed by atoms with E-state index in [0.717, 1.165) is 29.3 Å². The summed E-state index contributed by atoms with van der Waals surface area (Å²) in [5.74, 6) is 0.319. The van der Waals surface area contributed by atoms with E-state index in [2.05, 4.69) is 11.9 Å². The third kappa shape index (κ3) is 6.13. The minimum absolute atomic E-state index is 0.0471. The molecule has 0 radical (unpaired) electrons. The van der Waals surface area contributed by atoms with E-state index in [1.165, 1.54) is 57.1 Å². The van der Waals surface area contributed by atoms with Crippen LogP contribution in [0.5, 0.6) is 0 Å². The van der Waals surface area contributed by atoms with Crippen LogP contribution in [0.15, 0.2) is 64.2 Å². The monoisotopic (exact) mass is 502 g/mol. The van der Waals surface area contributed by atoms with E-state index in [1.54, 1.807) is 42.5 Å². The average Bonchev–Trinajstić information content (AvgIpc) is 2.90. The molecule has 8 nitrogen and oxygen atoms in total. The fourth-order valence-electron chi connectivity index (χ4n) is 4.91. The number of non-ortho nitro benzene ring substituents is 1. The second-order valence-electron chi connectivity index (χ2n) is 9.59. The molecule has 0 N–H and O–H groups in total. The Bertz CT molecular complexity index is 1440. The summed E-state index contributed by atoms with van der Waals surface area (Å²) in [5, 5.41) is 12.0. The van der Waals surface area contributed by atoms with Gasteiger partial charge in [-0.15, -0.1) is 0 Å². The number of aromatic nitrogens is 3. The summed E-state index contributed by atoms with van der Waals surface area (Å²) in [6.07, 6.45) is 11.9. The van der Waals surface area contributed by atoms with Crippen LogP contribution in [0.3, 0.4) is 0 Å². The van der Waals surface area contributed by atoms with Crippen LogP contribution in [0.1, 0.15) is 71.1 Å². The fourth-order valence-corrected chi connectivity index (χ4v) is 4.91. The van der Waals surface area contributed by atoms with E-state index < -0.39 is 16.2 Å². The number of aryl methyl sites for hydroxylation is 1. The van der Waals surface area contributed by atoms with E-state index in [4.69, 9.17) is 0 Å². The molecule has 2 aromatic rings. The first-order chi connectivity index (χ1) is 18.0. The summed E-state index contributed by atoms with van der Waals surface area (Å²) < 4.78 is 2.92. The van der Waals surface area contributed by atoms with Gasteiger partial charge in [-0.3, -0.25) is 14.9 Å². The number of nitro benzene ring substituents is 1. The lowest BCUT2D eigenvalue weighted by Gasteiger charge is -2.19. The van der Waals surface area contributed by atoms with Crippen LogP contribution in [0.4, 0.5) is 5.69 Å². The predicted octanol–water partition coefficient (Wildman–Crippen LogP) is 6.48. The highest BCUT2D eigenvalue weighted by atomic mass is 16.6. The zero-order valence-corrected chi connectivity index (χ0v) is 21.4. The number of unbranched alkanes of at least 4 members (excludes halogenated alkanes) is 9. The highest BCUT2D eigenvalue weighted by Crippen LogP contribution is 2.28. The molecule has 0 amide bonds. The quantitative estimate of drug-likeness (QED) is 0.0901. The Hall–Kier alpha value is -3.81. The second-order valence-corrected chi connectivity index (χ2v) is 9.59. The number of rotatable bonds is 13. The van der Waals surface area contributed by atoms with Gasteiger partial charge in [-0.1, -0.05) is 82.9 Å². The minimum atomic E-state index is -0.637. The minimum Gasteiger partial charge on any atom is -0.325 e. The third-order valence-electron chi connectivity index (χ3n) is 6.89. The Morgan fingerprint density at radius 2 is 1.49 bits per heavy atom. The molecule has 2 aromatic carbocycles. The van der Waals surface area contributed by atoms with Crippen molar-refractivity contribution in [2.45, 2.75) is 77.7 Å². The number of para-hydroxylation sites is 1. The summed E-state index contributed by atoms with van der Waals surface area (Å²) in [6.45, 7) is 2.80. The van der Waals surface area contributed by atoms with Gasteiger partial charge in [0.25, 0.3) is 11.2 Å². The molecule has 0 aliphatic carbocycles. The van der Waals surface area contributed by atoms with E-state index in [9.17, 15) is 19.7 Å². The molecule has 4 rings (SSSR count). The highest BCUT2D eigenvalue weighted by molar-refractivity contribution is 5.87. The van der Waals surface area contributed by atoms with Gasteiger partial charge in [-0.2, -0.15) is 4.98 Å². The summed E-state index contributed by atoms with van der Waals surface area (Å²) in [7, 11) is 0. The van der Waals surface area contributed by atoms with Gasteiger partial charge in [0, 0.05) is 24.1 Å². The molecule has 0 fully saturated rings. The van der Waals surface area contributed by atoms with Crippen molar-refractivity contribution in [3.63, 3.8) is 0 Å². The molecule has 0 saturated carbocycles. The van der Waals surface area contributed by atoms with Crippen LogP contribution in [0, 0.1) is 10.1 Å². The SMILES string of the molecule is CCCCCCCCCCCCn1c2nc(=O)n(-c3ccccc3)c(=O)c-2cc2cc([N+](=O)[O-])ccc21. The lowest BCUT2D eigenvalue weighted by atomic mass is 10.1. The first-order valence-electron chi connectivity index (χ1n) is 13.3. The topological polar surface area (TPSA) is 100 Å². The van der Waals surface area contributed by atoms with Crippen LogP contribution >= 0.6 is 0 Å². The van der Waals surface area contributed by atoms with Gasteiger partial charge in [0.2, 0.25) is 0 Å². The van der Waals surface area contributed by atoms with Crippen molar-refractivity contribution in [2.24, 2.45) is 0 Å². The van der Waals surface area contributed by atoms with Crippen molar-refractivity contribution in [3.05, 3.63) is 85.5 Å². The van der Waals surface area contributed by atoms with Crippen LogP contribution in [0.25, 0.3) is 28.0 Å². The number of hydrogen-bond acceptors (Lipinski definition) is 5. The van der Waals surface area contributed by atoms with Crippen LogP contribution in [-0.2, 0) is 6.54 Å². The normalized spacial score (nSPS) is 11.4. The Morgan fingerprint density at radius 1 is 0.838 bits per heavy atom. The van der Waals surface area contributed by atoms with Crippen molar-refractivity contribution < 1.29 is 4.92 Å². The molecule has 2 heterocycles. The average molecular weight is 503 g/mol. The Labute approximate surface area is 216 Å². The van der Waals surface area contributed by atoms with Gasteiger partial charge in [-0.25, -0.2) is 9.36 Å². The van der Waals surface area contributed by atoms with Crippen molar-refractivity contribution in [1.29, 1.82) is 0 Å². The van der Waals surface area contributed by atoms with E-state index in [1.807, 2.05) is 4.57 Å². The summed E-state index contributed by atoms with van der Waals surface area (Å²) in [5.41, 5.74) is 0.260. The first kappa shape index (κ1) is 26.3. The lowest BCUT2D eigenvalue weighted by Crippen LogP contribution is -2.36. The summed E-state index contributed by atoms with van der Waals surface area (Å²) in [6, 6.07) is 14.9.